The molecule has 6 nitrogen and oxygen atoms in total. The molecule has 1 fully saturated rings. The number of ether oxygens (including phenoxy) is 4. The maximum Gasteiger partial charge on any atom is 0.316 e. The molecule has 0 bridgehead atoms. The van der Waals surface area contributed by atoms with Crippen LogP contribution in [0, 0.1) is 5.92 Å². The Morgan fingerprint density at radius 3 is 2.17 bits per heavy atom. The highest BCUT2D eigenvalue weighted by Crippen LogP contribution is 2.57. The van der Waals surface area contributed by atoms with E-state index in [0.29, 0.717) is 23.9 Å². The third kappa shape index (κ3) is 3.15. The van der Waals surface area contributed by atoms with Crippen LogP contribution in [0.2, 0.25) is 0 Å². The molecule has 0 amide bonds. The average molecular weight is 337 g/mol. The van der Waals surface area contributed by atoms with Crippen LogP contribution in [-0.2, 0) is 14.9 Å². The normalized spacial score (nSPS) is 22.2. The molecule has 0 N–H and O–H groups in total. The van der Waals surface area contributed by atoms with Crippen molar-refractivity contribution in [2.24, 2.45) is 5.92 Å². The van der Waals surface area contributed by atoms with Gasteiger partial charge in [0.25, 0.3) is 0 Å². The Kier molecular flexibility index (Phi) is 5.59. The van der Waals surface area contributed by atoms with Gasteiger partial charge in [-0.15, -0.1) is 0 Å². The molecular weight excluding hydrogens is 310 g/mol. The minimum Gasteiger partial charge on any atom is -0.493 e. The first-order valence-electron chi connectivity index (χ1n) is 8.07. The van der Waals surface area contributed by atoms with E-state index in [4.69, 9.17) is 18.9 Å². The number of esters is 1. The van der Waals surface area contributed by atoms with Crippen molar-refractivity contribution in [1.82, 2.24) is 4.90 Å². The van der Waals surface area contributed by atoms with Crippen LogP contribution >= 0.6 is 0 Å². The molecule has 1 aliphatic rings. The molecule has 0 radical (unpaired) electrons. The van der Waals surface area contributed by atoms with Crippen molar-refractivity contribution >= 4 is 5.97 Å². The summed E-state index contributed by atoms with van der Waals surface area (Å²) >= 11 is 0. The minimum atomic E-state index is -0.646. The highest BCUT2D eigenvalue weighted by molar-refractivity contribution is 5.88. The van der Waals surface area contributed by atoms with Gasteiger partial charge in [-0.05, 0) is 51.1 Å². The van der Waals surface area contributed by atoms with Gasteiger partial charge >= 0.3 is 5.97 Å². The molecule has 1 aromatic carbocycles. The van der Waals surface area contributed by atoms with Gasteiger partial charge in [-0.1, -0.05) is 0 Å². The Morgan fingerprint density at radius 2 is 1.75 bits per heavy atom. The fourth-order valence-electron chi connectivity index (χ4n) is 3.31. The molecule has 2 rings (SSSR count). The Hall–Kier alpha value is -1.95. The number of hydrogen-bond donors (Lipinski definition) is 0. The van der Waals surface area contributed by atoms with Crippen molar-refractivity contribution in [2.45, 2.75) is 18.8 Å². The fourth-order valence-corrected chi connectivity index (χ4v) is 3.31. The summed E-state index contributed by atoms with van der Waals surface area (Å²) in [6.45, 7) is 3.00. The van der Waals surface area contributed by atoms with Gasteiger partial charge in [0.1, 0.15) is 0 Å². The molecule has 0 aromatic heterocycles. The van der Waals surface area contributed by atoms with Gasteiger partial charge in [0.05, 0.1) is 33.4 Å². The number of carbonyl (C=O) groups excluding carboxylic acids is 1. The Morgan fingerprint density at radius 1 is 1.17 bits per heavy atom. The smallest absolute Gasteiger partial charge is 0.316 e. The second kappa shape index (κ2) is 7.30. The van der Waals surface area contributed by atoms with E-state index in [1.807, 2.05) is 33.2 Å². The molecule has 134 valence electrons. The van der Waals surface area contributed by atoms with Crippen LogP contribution in [0.4, 0.5) is 0 Å². The van der Waals surface area contributed by atoms with Crippen molar-refractivity contribution in [3.8, 4) is 17.2 Å². The van der Waals surface area contributed by atoms with Gasteiger partial charge in [-0.3, -0.25) is 4.79 Å². The van der Waals surface area contributed by atoms with E-state index in [9.17, 15) is 4.79 Å². The third-order valence-electron chi connectivity index (χ3n) is 4.51. The predicted molar refractivity (Wildman–Crippen MR) is 91.1 cm³/mol. The van der Waals surface area contributed by atoms with Gasteiger partial charge in [0.15, 0.2) is 11.5 Å². The van der Waals surface area contributed by atoms with Crippen molar-refractivity contribution in [2.75, 3.05) is 48.6 Å². The summed E-state index contributed by atoms with van der Waals surface area (Å²) in [5, 5.41) is 0. The van der Waals surface area contributed by atoms with E-state index in [0.717, 1.165) is 18.5 Å². The zero-order valence-electron chi connectivity index (χ0n) is 15.3. The first-order valence-corrected chi connectivity index (χ1v) is 8.07. The quantitative estimate of drug-likeness (QED) is 0.677. The molecule has 24 heavy (non-hydrogen) atoms. The molecule has 0 heterocycles. The van der Waals surface area contributed by atoms with Gasteiger partial charge in [0.2, 0.25) is 5.75 Å². The summed E-state index contributed by atoms with van der Waals surface area (Å²) in [6.07, 6.45) is 0.753. The number of nitrogens with zero attached hydrogens (tertiary/aromatic N) is 1. The summed E-state index contributed by atoms with van der Waals surface area (Å²) in [5.74, 6) is 1.63. The van der Waals surface area contributed by atoms with Gasteiger partial charge in [-0.2, -0.15) is 0 Å². The standard InChI is InChI=1S/C18H27NO5/c1-7-24-17(20)18(10-13(18)11-19(2)3)12-8-14(21-4)16(23-6)15(9-12)22-5/h8-9,13H,7,10-11H2,1-6H3. The lowest BCUT2D eigenvalue weighted by molar-refractivity contribution is -0.146. The van der Waals surface area contributed by atoms with Gasteiger partial charge in [-0.25, -0.2) is 0 Å². The second-order valence-electron chi connectivity index (χ2n) is 6.27. The molecule has 2 atom stereocenters. The minimum absolute atomic E-state index is 0.189. The highest BCUT2D eigenvalue weighted by atomic mass is 16.5. The first-order chi connectivity index (χ1) is 11.4. The molecule has 0 spiro atoms. The van der Waals surface area contributed by atoms with Crippen molar-refractivity contribution < 1.29 is 23.7 Å². The molecular formula is C18H27NO5. The first kappa shape index (κ1) is 18.4. The van der Waals surface area contributed by atoms with E-state index in [2.05, 4.69) is 4.90 Å². The molecule has 2 unspecified atom stereocenters. The van der Waals surface area contributed by atoms with Crippen molar-refractivity contribution in [3.63, 3.8) is 0 Å². The summed E-state index contributed by atoms with van der Waals surface area (Å²) < 4.78 is 21.6. The lowest BCUT2D eigenvalue weighted by Gasteiger charge is -2.21. The molecule has 1 aromatic rings. The maximum absolute atomic E-state index is 12.7. The van der Waals surface area contributed by atoms with E-state index < -0.39 is 5.41 Å². The van der Waals surface area contributed by atoms with Crippen LogP contribution in [0.5, 0.6) is 17.2 Å². The van der Waals surface area contributed by atoms with Crippen LogP contribution in [0.25, 0.3) is 0 Å². The molecule has 1 saturated carbocycles. The Bertz CT molecular complexity index is 576. The fraction of sp³-hybridized carbons (Fsp3) is 0.611. The summed E-state index contributed by atoms with van der Waals surface area (Å²) in [7, 11) is 8.71. The zero-order valence-corrected chi connectivity index (χ0v) is 15.3. The van der Waals surface area contributed by atoms with Crippen LogP contribution in [-0.4, -0.2) is 59.4 Å². The van der Waals surface area contributed by atoms with Crippen LogP contribution in [0.15, 0.2) is 12.1 Å². The Balaban J connectivity index is 2.50. The largest absolute Gasteiger partial charge is 0.493 e. The number of hydrogen-bond acceptors (Lipinski definition) is 6. The monoisotopic (exact) mass is 337 g/mol. The predicted octanol–water partition coefficient (Wildman–Crippen LogP) is 2.09. The van der Waals surface area contributed by atoms with E-state index >= 15 is 0 Å². The SMILES string of the molecule is CCOC(=O)C1(c2cc(OC)c(OC)c(OC)c2)CC1CN(C)C. The number of benzene rings is 1. The lowest BCUT2D eigenvalue weighted by atomic mass is 9.92. The molecule has 0 saturated heterocycles. The van der Waals surface area contributed by atoms with Crippen LogP contribution in [0.1, 0.15) is 18.9 Å². The second-order valence-corrected chi connectivity index (χ2v) is 6.27. The van der Waals surface area contributed by atoms with Crippen LogP contribution < -0.4 is 14.2 Å². The maximum atomic E-state index is 12.7. The number of rotatable bonds is 8. The van der Waals surface area contributed by atoms with Crippen LogP contribution in [0.3, 0.4) is 0 Å². The third-order valence-corrected chi connectivity index (χ3v) is 4.51. The highest BCUT2D eigenvalue weighted by Gasteiger charge is 2.62. The lowest BCUT2D eigenvalue weighted by Crippen LogP contribution is -2.29. The average Bonchev–Trinajstić information content (AvgIpc) is 3.27. The molecule has 1 aliphatic carbocycles. The summed E-state index contributed by atoms with van der Waals surface area (Å²) in [5.41, 5.74) is 0.204. The van der Waals surface area contributed by atoms with Gasteiger partial charge < -0.3 is 23.8 Å². The van der Waals surface area contributed by atoms with Gasteiger partial charge in [0, 0.05) is 6.54 Å². The number of methoxy groups -OCH3 is 3. The summed E-state index contributed by atoms with van der Waals surface area (Å²) in [6, 6.07) is 3.71. The van der Waals surface area contributed by atoms with E-state index in [1.54, 1.807) is 21.3 Å². The Labute approximate surface area is 143 Å². The topological polar surface area (TPSA) is 57.2 Å². The number of carbonyl (C=O) groups is 1. The molecule has 6 heteroatoms. The summed E-state index contributed by atoms with van der Waals surface area (Å²) in [4.78, 5) is 14.8. The van der Waals surface area contributed by atoms with E-state index in [-0.39, 0.29) is 11.9 Å². The zero-order chi connectivity index (χ0) is 17.9. The van der Waals surface area contributed by atoms with Crippen molar-refractivity contribution in [3.05, 3.63) is 17.7 Å². The van der Waals surface area contributed by atoms with E-state index in [1.165, 1.54) is 0 Å². The van der Waals surface area contributed by atoms with Crippen molar-refractivity contribution in [1.29, 1.82) is 0 Å². The molecule has 0 aliphatic heterocycles.